The lowest BCUT2D eigenvalue weighted by molar-refractivity contribution is 0.0735. The van der Waals surface area contributed by atoms with Gasteiger partial charge in [0.15, 0.2) is 11.5 Å². The molecule has 1 heterocycles. The number of phenols is 1. The molecule has 7 heteroatoms. The van der Waals surface area contributed by atoms with Crippen molar-refractivity contribution in [3.8, 4) is 17.2 Å². The first-order chi connectivity index (χ1) is 14.5. The number of methoxy groups -OCH3 is 1. The largest absolute Gasteiger partial charge is 0.508 e. The van der Waals surface area contributed by atoms with Crippen molar-refractivity contribution in [3.63, 3.8) is 0 Å². The molecule has 0 fully saturated rings. The topological polar surface area (TPSA) is 68.1 Å². The van der Waals surface area contributed by atoms with E-state index in [4.69, 9.17) is 21.1 Å². The summed E-state index contributed by atoms with van der Waals surface area (Å²) >= 11 is 7.66. The van der Waals surface area contributed by atoms with Gasteiger partial charge in [0.1, 0.15) is 10.6 Å². The van der Waals surface area contributed by atoms with Gasteiger partial charge in [-0.15, -0.1) is 11.3 Å². The Labute approximate surface area is 181 Å². The molecule has 0 radical (unpaired) electrons. The number of aliphatic imine (C=N–C) groups is 1. The Morgan fingerprint density at radius 1 is 1.07 bits per heavy atom. The summed E-state index contributed by atoms with van der Waals surface area (Å²) in [6.07, 6.45) is 1.66. The highest BCUT2D eigenvalue weighted by Gasteiger charge is 2.20. The number of aromatic hydroxyl groups is 1. The highest BCUT2D eigenvalue weighted by molar-refractivity contribution is 7.21. The van der Waals surface area contributed by atoms with Gasteiger partial charge in [0, 0.05) is 16.3 Å². The van der Waals surface area contributed by atoms with E-state index >= 15 is 0 Å². The summed E-state index contributed by atoms with van der Waals surface area (Å²) in [4.78, 5) is 17.4. The Balaban J connectivity index is 1.56. The summed E-state index contributed by atoms with van der Waals surface area (Å²) in [7, 11) is 1.50. The van der Waals surface area contributed by atoms with Crippen LogP contribution < -0.4 is 9.47 Å². The lowest BCUT2D eigenvalue weighted by Crippen LogP contribution is -2.08. The number of esters is 1. The van der Waals surface area contributed by atoms with Crippen LogP contribution in [-0.4, -0.2) is 24.4 Å². The number of halogens is 1. The number of thiophene rings is 1. The first kappa shape index (κ1) is 19.9. The van der Waals surface area contributed by atoms with Gasteiger partial charge in [0.05, 0.1) is 17.8 Å². The van der Waals surface area contributed by atoms with Crippen molar-refractivity contribution < 1.29 is 19.4 Å². The van der Waals surface area contributed by atoms with Gasteiger partial charge in [-0.1, -0.05) is 29.8 Å². The number of hydrogen-bond donors (Lipinski definition) is 1. The fourth-order valence-corrected chi connectivity index (χ4v) is 4.21. The van der Waals surface area contributed by atoms with E-state index in [9.17, 15) is 9.90 Å². The van der Waals surface area contributed by atoms with Crippen molar-refractivity contribution in [3.05, 3.63) is 82.2 Å². The highest BCUT2D eigenvalue weighted by atomic mass is 35.5. The molecule has 1 aromatic heterocycles. The Bertz CT molecular complexity index is 1250. The van der Waals surface area contributed by atoms with E-state index in [1.165, 1.54) is 18.4 Å². The second kappa shape index (κ2) is 8.57. The molecule has 0 bridgehead atoms. The number of benzene rings is 3. The maximum Gasteiger partial charge on any atom is 0.355 e. The zero-order valence-electron chi connectivity index (χ0n) is 15.8. The summed E-state index contributed by atoms with van der Waals surface area (Å²) in [6, 6.07) is 19.2. The maximum absolute atomic E-state index is 12.7. The number of nitrogens with zero attached hydrogens (tertiary/aromatic N) is 1. The fourth-order valence-electron chi connectivity index (χ4n) is 2.83. The van der Waals surface area contributed by atoms with Crippen LogP contribution in [0.1, 0.15) is 15.2 Å². The minimum Gasteiger partial charge on any atom is -0.508 e. The molecule has 0 unspecified atom stereocenters. The summed E-state index contributed by atoms with van der Waals surface area (Å²) in [5, 5.41) is 10.5. The summed E-state index contributed by atoms with van der Waals surface area (Å²) in [5.41, 5.74) is 1.46. The van der Waals surface area contributed by atoms with E-state index in [2.05, 4.69) is 4.99 Å². The first-order valence-corrected chi connectivity index (χ1v) is 10.1. The van der Waals surface area contributed by atoms with Crippen molar-refractivity contribution in [2.75, 3.05) is 7.11 Å². The summed E-state index contributed by atoms with van der Waals surface area (Å²) in [5.74, 6) is 0.332. The first-order valence-electron chi connectivity index (χ1n) is 8.95. The summed E-state index contributed by atoms with van der Waals surface area (Å²) in [6.45, 7) is 0. The number of carbonyl (C=O) groups excluding carboxylic acids is 1. The van der Waals surface area contributed by atoms with Crippen LogP contribution >= 0.6 is 22.9 Å². The standard InChI is InChI=1S/C23H16ClNO4S/c1-28-19-12-14(13-25-15-7-9-16(26)10-8-15)6-11-18(19)29-23(27)22-21(24)17-4-2-3-5-20(17)30-22/h2-13,26H,1H3. The average molecular weight is 438 g/mol. The minimum atomic E-state index is -0.537. The molecule has 0 amide bonds. The molecular weight excluding hydrogens is 422 g/mol. The van der Waals surface area contributed by atoms with Gasteiger partial charge in [0.25, 0.3) is 0 Å². The lowest BCUT2D eigenvalue weighted by Gasteiger charge is -2.09. The SMILES string of the molecule is COc1cc(C=Nc2ccc(O)cc2)ccc1OC(=O)c1sc2ccccc2c1Cl. The monoisotopic (exact) mass is 437 g/mol. The van der Waals surface area contributed by atoms with Gasteiger partial charge in [-0.3, -0.25) is 4.99 Å². The fraction of sp³-hybridized carbons (Fsp3) is 0.0435. The van der Waals surface area contributed by atoms with Crippen LogP contribution in [0.25, 0.3) is 10.1 Å². The molecule has 0 saturated carbocycles. The Morgan fingerprint density at radius 3 is 2.57 bits per heavy atom. The van der Waals surface area contributed by atoms with Crippen LogP contribution in [0.2, 0.25) is 5.02 Å². The molecule has 0 aliphatic heterocycles. The van der Waals surface area contributed by atoms with E-state index in [1.807, 2.05) is 24.3 Å². The quantitative estimate of drug-likeness (QED) is 0.228. The predicted octanol–water partition coefficient (Wildman–Crippen LogP) is 6.24. The van der Waals surface area contributed by atoms with Gasteiger partial charge >= 0.3 is 5.97 Å². The summed E-state index contributed by atoms with van der Waals surface area (Å²) < 4.78 is 11.9. The molecule has 0 spiro atoms. The molecule has 3 aromatic carbocycles. The van der Waals surface area contributed by atoms with E-state index < -0.39 is 5.97 Å². The smallest absolute Gasteiger partial charge is 0.355 e. The van der Waals surface area contributed by atoms with Crippen LogP contribution in [0.15, 0.2) is 71.7 Å². The Hall–Kier alpha value is -3.35. The average Bonchev–Trinajstić information content (AvgIpc) is 3.11. The van der Waals surface area contributed by atoms with Crippen LogP contribution in [0.4, 0.5) is 5.69 Å². The van der Waals surface area contributed by atoms with E-state index in [0.717, 1.165) is 15.6 Å². The zero-order valence-corrected chi connectivity index (χ0v) is 17.4. The number of fused-ring (bicyclic) bond motifs is 1. The van der Waals surface area contributed by atoms with Gasteiger partial charge in [-0.2, -0.15) is 0 Å². The van der Waals surface area contributed by atoms with Crippen LogP contribution in [-0.2, 0) is 0 Å². The number of rotatable bonds is 5. The van der Waals surface area contributed by atoms with Crippen molar-refractivity contribution >= 4 is 50.9 Å². The van der Waals surface area contributed by atoms with Crippen molar-refractivity contribution in [1.29, 1.82) is 0 Å². The molecule has 1 N–H and O–H groups in total. The van der Waals surface area contributed by atoms with Crippen LogP contribution in [0.5, 0.6) is 17.2 Å². The minimum absolute atomic E-state index is 0.181. The second-order valence-corrected chi connectivity index (χ2v) is 7.75. The molecule has 0 aliphatic carbocycles. The van der Waals surface area contributed by atoms with E-state index in [0.29, 0.717) is 21.3 Å². The third-order valence-corrected chi connectivity index (χ3v) is 5.98. The normalized spacial score (nSPS) is 11.1. The van der Waals surface area contributed by atoms with Gasteiger partial charge in [-0.05, 0) is 54.1 Å². The third kappa shape index (κ3) is 4.15. The predicted molar refractivity (Wildman–Crippen MR) is 120 cm³/mol. The molecule has 30 heavy (non-hydrogen) atoms. The molecule has 0 atom stereocenters. The number of carbonyl (C=O) groups is 1. The van der Waals surface area contributed by atoms with Crippen LogP contribution in [0.3, 0.4) is 0 Å². The number of hydrogen-bond acceptors (Lipinski definition) is 6. The molecule has 4 aromatic rings. The van der Waals surface area contributed by atoms with Gasteiger partial charge in [0.2, 0.25) is 0 Å². The van der Waals surface area contributed by atoms with Gasteiger partial charge < -0.3 is 14.6 Å². The Kier molecular flexibility index (Phi) is 5.70. The molecule has 5 nitrogen and oxygen atoms in total. The molecule has 0 aliphatic rings. The van der Waals surface area contributed by atoms with E-state index in [1.54, 1.807) is 48.7 Å². The number of phenolic OH excluding ortho intramolecular Hbond substituents is 1. The van der Waals surface area contributed by atoms with E-state index in [-0.39, 0.29) is 11.5 Å². The third-order valence-electron chi connectivity index (χ3n) is 4.32. The maximum atomic E-state index is 12.7. The second-order valence-electron chi connectivity index (χ2n) is 6.32. The lowest BCUT2D eigenvalue weighted by atomic mass is 10.2. The molecule has 150 valence electrons. The van der Waals surface area contributed by atoms with Crippen molar-refractivity contribution in [2.45, 2.75) is 0 Å². The molecule has 4 rings (SSSR count). The molecular formula is C23H16ClNO4S. The van der Waals surface area contributed by atoms with Gasteiger partial charge in [-0.25, -0.2) is 4.79 Å². The van der Waals surface area contributed by atoms with Crippen molar-refractivity contribution in [2.24, 2.45) is 4.99 Å². The molecule has 0 saturated heterocycles. The zero-order chi connectivity index (χ0) is 21.1. The number of ether oxygens (including phenoxy) is 2. The highest BCUT2D eigenvalue weighted by Crippen LogP contribution is 2.37. The van der Waals surface area contributed by atoms with Crippen molar-refractivity contribution in [1.82, 2.24) is 0 Å². The Morgan fingerprint density at radius 2 is 1.83 bits per heavy atom. The van der Waals surface area contributed by atoms with Crippen LogP contribution in [0, 0.1) is 0 Å².